The standard InChI is InChI=1S/C25H27N5OS2/c1-31-22-13-7-6-12-21(22)24-26-19(17-32-24)18-33-25-28-27-23(16-29-14-8-3-9-15-29)30(25)20-10-4-2-5-11-20/h2,4-7,10-13,17H,3,8-9,14-16,18H2,1H3. The average molecular weight is 478 g/mol. The minimum Gasteiger partial charge on any atom is -0.496 e. The number of likely N-dealkylation sites (tertiary alicyclic amines) is 1. The summed E-state index contributed by atoms with van der Waals surface area (Å²) in [6, 6.07) is 18.4. The van der Waals surface area contributed by atoms with Gasteiger partial charge in [-0.05, 0) is 50.2 Å². The van der Waals surface area contributed by atoms with Crippen LogP contribution in [0.25, 0.3) is 16.3 Å². The fourth-order valence-electron chi connectivity index (χ4n) is 4.11. The van der Waals surface area contributed by atoms with Crippen molar-refractivity contribution in [2.45, 2.75) is 36.7 Å². The zero-order chi connectivity index (χ0) is 22.5. The molecule has 4 aromatic rings. The lowest BCUT2D eigenvalue weighted by Gasteiger charge is -2.26. The van der Waals surface area contributed by atoms with Crippen molar-refractivity contribution in [3.8, 4) is 22.0 Å². The molecule has 2 aromatic heterocycles. The van der Waals surface area contributed by atoms with Gasteiger partial charge in [0.15, 0.2) is 11.0 Å². The van der Waals surface area contributed by atoms with Crippen molar-refractivity contribution in [3.05, 3.63) is 71.5 Å². The summed E-state index contributed by atoms with van der Waals surface area (Å²) in [5.41, 5.74) is 3.16. The summed E-state index contributed by atoms with van der Waals surface area (Å²) in [6.45, 7) is 3.10. The van der Waals surface area contributed by atoms with E-state index in [4.69, 9.17) is 9.72 Å². The number of piperidine rings is 1. The van der Waals surface area contributed by atoms with Crippen molar-refractivity contribution in [1.29, 1.82) is 0 Å². The van der Waals surface area contributed by atoms with Gasteiger partial charge in [0, 0.05) is 16.8 Å². The van der Waals surface area contributed by atoms with Crippen molar-refractivity contribution in [3.63, 3.8) is 0 Å². The van der Waals surface area contributed by atoms with Gasteiger partial charge in [-0.15, -0.1) is 21.5 Å². The van der Waals surface area contributed by atoms with Gasteiger partial charge in [0.1, 0.15) is 10.8 Å². The molecular weight excluding hydrogens is 450 g/mol. The number of ether oxygens (including phenoxy) is 1. The van der Waals surface area contributed by atoms with Crippen LogP contribution in [-0.4, -0.2) is 44.8 Å². The summed E-state index contributed by atoms with van der Waals surface area (Å²) in [5.74, 6) is 2.58. The molecule has 1 fully saturated rings. The van der Waals surface area contributed by atoms with Gasteiger partial charge < -0.3 is 4.74 Å². The summed E-state index contributed by atoms with van der Waals surface area (Å²) < 4.78 is 7.71. The lowest BCUT2D eigenvalue weighted by molar-refractivity contribution is 0.214. The second kappa shape index (κ2) is 10.5. The van der Waals surface area contributed by atoms with Gasteiger partial charge in [-0.1, -0.05) is 48.5 Å². The molecule has 1 aliphatic rings. The van der Waals surface area contributed by atoms with Crippen molar-refractivity contribution >= 4 is 23.1 Å². The highest BCUT2D eigenvalue weighted by Crippen LogP contribution is 2.33. The lowest BCUT2D eigenvalue weighted by atomic mass is 10.1. The maximum atomic E-state index is 5.50. The number of thiazole rings is 1. The summed E-state index contributed by atoms with van der Waals surface area (Å²) >= 11 is 3.32. The number of methoxy groups -OCH3 is 1. The maximum Gasteiger partial charge on any atom is 0.196 e. The van der Waals surface area contributed by atoms with Crippen LogP contribution < -0.4 is 4.74 Å². The van der Waals surface area contributed by atoms with Crippen molar-refractivity contribution < 1.29 is 4.74 Å². The fraction of sp³-hybridized carbons (Fsp3) is 0.320. The molecule has 8 heteroatoms. The van der Waals surface area contributed by atoms with Gasteiger partial charge in [0.05, 0.1) is 24.9 Å². The Balaban J connectivity index is 1.36. The van der Waals surface area contributed by atoms with E-state index in [1.165, 1.54) is 19.3 Å². The largest absolute Gasteiger partial charge is 0.496 e. The van der Waals surface area contributed by atoms with Gasteiger partial charge >= 0.3 is 0 Å². The quantitative estimate of drug-likeness (QED) is 0.305. The highest BCUT2D eigenvalue weighted by molar-refractivity contribution is 7.98. The molecule has 0 unspecified atom stereocenters. The SMILES string of the molecule is COc1ccccc1-c1nc(CSc2nnc(CN3CCCCC3)n2-c2ccccc2)cs1. The maximum absolute atomic E-state index is 5.50. The molecular formula is C25H27N5OS2. The Morgan fingerprint density at radius 2 is 1.76 bits per heavy atom. The number of thioether (sulfide) groups is 1. The van der Waals surface area contributed by atoms with E-state index >= 15 is 0 Å². The minimum atomic E-state index is 0.736. The molecule has 0 radical (unpaired) electrons. The molecule has 0 aliphatic carbocycles. The molecule has 0 saturated carbocycles. The molecule has 0 spiro atoms. The van der Waals surface area contributed by atoms with Crippen LogP contribution in [0.3, 0.4) is 0 Å². The van der Waals surface area contributed by atoms with E-state index in [1.807, 2.05) is 30.3 Å². The normalized spacial score (nSPS) is 14.5. The minimum absolute atomic E-state index is 0.736. The summed E-state index contributed by atoms with van der Waals surface area (Å²) in [7, 11) is 1.70. The molecule has 1 aliphatic heterocycles. The number of hydrogen-bond donors (Lipinski definition) is 0. The molecule has 170 valence electrons. The third kappa shape index (κ3) is 5.13. The molecule has 33 heavy (non-hydrogen) atoms. The number of benzene rings is 2. The summed E-state index contributed by atoms with van der Waals surface area (Å²) in [5, 5.41) is 13.2. The smallest absolute Gasteiger partial charge is 0.196 e. The van der Waals surface area contributed by atoms with E-state index in [0.29, 0.717) is 0 Å². The molecule has 6 nitrogen and oxygen atoms in total. The van der Waals surface area contributed by atoms with E-state index in [9.17, 15) is 0 Å². The van der Waals surface area contributed by atoms with Gasteiger partial charge in [-0.2, -0.15) is 0 Å². The number of rotatable bonds is 8. The first kappa shape index (κ1) is 22.1. The second-order valence-corrected chi connectivity index (χ2v) is 9.84. The number of aromatic nitrogens is 4. The van der Waals surface area contributed by atoms with Gasteiger partial charge in [0.25, 0.3) is 0 Å². The Kier molecular flexibility index (Phi) is 7.04. The highest BCUT2D eigenvalue weighted by Gasteiger charge is 2.19. The van der Waals surface area contributed by atoms with E-state index in [2.05, 4.69) is 49.3 Å². The Labute approximate surface area is 202 Å². The van der Waals surface area contributed by atoms with E-state index in [0.717, 1.165) is 64.1 Å². The number of hydrogen-bond acceptors (Lipinski definition) is 7. The highest BCUT2D eigenvalue weighted by atomic mass is 32.2. The van der Waals surface area contributed by atoms with Crippen LogP contribution in [0.4, 0.5) is 0 Å². The summed E-state index contributed by atoms with van der Waals surface area (Å²) in [6.07, 6.45) is 3.85. The molecule has 1 saturated heterocycles. The molecule has 5 rings (SSSR count). The Bertz CT molecular complexity index is 1180. The van der Waals surface area contributed by atoms with Crippen LogP contribution >= 0.6 is 23.1 Å². The van der Waals surface area contributed by atoms with E-state index < -0.39 is 0 Å². The van der Waals surface area contributed by atoms with Crippen molar-refractivity contribution in [1.82, 2.24) is 24.6 Å². The second-order valence-electron chi connectivity index (χ2n) is 8.04. The first-order valence-corrected chi connectivity index (χ1v) is 13.1. The monoisotopic (exact) mass is 477 g/mol. The molecule has 0 atom stereocenters. The van der Waals surface area contributed by atoms with Crippen LogP contribution in [0.1, 0.15) is 30.8 Å². The average Bonchev–Trinajstić information content (AvgIpc) is 3.51. The predicted molar refractivity (Wildman–Crippen MR) is 134 cm³/mol. The number of para-hydroxylation sites is 2. The Morgan fingerprint density at radius 3 is 2.58 bits per heavy atom. The van der Waals surface area contributed by atoms with E-state index in [-0.39, 0.29) is 0 Å². The number of nitrogens with zero attached hydrogens (tertiary/aromatic N) is 5. The van der Waals surface area contributed by atoms with Gasteiger partial charge in [0.2, 0.25) is 0 Å². The van der Waals surface area contributed by atoms with Gasteiger partial charge in [-0.3, -0.25) is 9.47 Å². The zero-order valence-electron chi connectivity index (χ0n) is 18.7. The molecule has 0 amide bonds. The van der Waals surface area contributed by atoms with Crippen molar-refractivity contribution in [2.75, 3.05) is 20.2 Å². The summed E-state index contributed by atoms with van der Waals surface area (Å²) in [4.78, 5) is 7.35. The van der Waals surface area contributed by atoms with Crippen LogP contribution in [0, 0.1) is 0 Å². The zero-order valence-corrected chi connectivity index (χ0v) is 20.3. The lowest BCUT2D eigenvalue weighted by Crippen LogP contribution is -2.30. The Morgan fingerprint density at radius 1 is 0.970 bits per heavy atom. The van der Waals surface area contributed by atoms with Crippen LogP contribution in [0.15, 0.2) is 65.1 Å². The first-order chi connectivity index (χ1) is 16.3. The third-order valence-corrected chi connectivity index (χ3v) is 7.65. The van der Waals surface area contributed by atoms with E-state index in [1.54, 1.807) is 30.2 Å². The first-order valence-electron chi connectivity index (χ1n) is 11.2. The van der Waals surface area contributed by atoms with Crippen molar-refractivity contribution in [2.24, 2.45) is 0 Å². The molecule has 2 aromatic carbocycles. The molecule has 0 N–H and O–H groups in total. The topological polar surface area (TPSA) is 56.1 Å². The van der Waals surface area contributed by atoms with Gasteiger partial charge in [-0.25, -0.2) is 4.98 Å². The Hall–Kier alpha value is -2.68. The molecule has 0 bridgehead atoms. The van der Waals surface area contributed by atoms with Crippen LogP contribution in [0.2, 0.25) is 0 Å². The van der Waals surface area contributed by atoms with Crippen LogP contribution in [-0.2, 0) is 12.3 Å². The predicted octanol–water partition coefficient (Wildman–Crippen LogP) is 5.68. The third-order valence-electron chi connectivity index (χ3n) is 5.77. The van der Waals surface area contributed by atoms with Crippen LogP contribution in [0.5, 0.6) is 5.75 Å². The molecule has 3 heterocycles. The fourth-order valence-corrected chi connectivity index (χ4v) is 5.92.